The van der Waals surface area contributed by atoms with Gasteiger partial charge in [-0.15, -0.1) is 11.3 Å². The van der Waals surface area contributed by atoms with Crippen molar-refractivity contribution in [1.29, 1.82) is 0 Å². The molecular formula is C20H16ClN3OS. The number of carbonyl (C=O) groups is 1. The van der Waals surface area contributed by atoms with Crippen molar-refractivity contribution in [1.82, 2.24) is 4.98 Å². The van der Waals surface area contributed by atoms with Crippen LogP contribution in [0.5, 0.6) is 0 Å². The molecule has 1 amide bonds. The van der Waals surface area contributed by atoms with Gasteiger partial charge in [0.05, 0.1) is 11.2 Å². The fourth-order valence-corrected chi connectivity index (χ4v) is 4.05. The largest absolute Gasteiger partial charge is 0.397 e. The average Bonchev–Trinajstić information content (AvgIpc) is 2.93. The number of hydrogen-bond acceptors (Lipinski definition) is 4. The highest BCUT2D eigenvalue weighted by Gasteiger charge is 2.19. The molecule has 0 spiro atoms. The molecule has 3 N–H and O–H groups in total. The maximum Gasteiger partial charge on any atom is 0.267 e. The number of nitrogens with zero attached hydrogens (tertiary/aromatic N) is 1. The van der Waals surface area contributed by atoms with Gasteiger partial charge in [0, 0.05) is 21.5 Å². The third-order valence-electron chi connectivity index (χ3n) is 4.39. The van der Waals surface area contributed by atoms with Crippen molar-refractivity contribution < 1.29 is 4.79 Å². The summed E-state index contributed by atoms with van der Waals surface area (Å²) in [4.78, 5) is 18.7. The predicted octanol–water partition coefficient (Wildman–Crippen LogP) is 5.55. The van der Waals surface area contributed by atoms with Crippen LogP contribution in [0.3, 0.4) is 0 Å². The third kappa shape index (κ3) is 2.79. The molecule has 0 bridgehead atoms. The fourth-order valence-electron chi connectivity index (χ4n) is 2.89. The number of nitrogen functional groups attached to an aromatic ring is 1. The quantitative estimate of drug-likeness (QED) is 0.478. The van der Waals surface area contributed by atoms with Crippen molar-refractivity contribution in [2.75, 3.05) is 11.1 Å². The minimum absolute atomic E-state index is 0.254. The number of halogens is 1. The first kappa shape index (κ1) is 16.8. The van der Waals surface area contributed by atoms with Crippen molar-refractivity contribution >= 4 is 61.3 Å². The topological polar surface area (TPSA) is 68.0 Å². The summed E-state index contributed by atoms with van der Waals surface area (Å²) in [6.07, 6.45) is 0. The number of carbonyl (C=O) groups excluding carboxylic acids is 1. The average molecular weight is 382 g/mol. The van der Waals surface area contributed by atoms with Crippen molar-refractivity contribution in [3.8, 4) is 0 Å². The van der Waals surface area contributed by atoms with Crippen LogP contribution in [-0.4, -0.2) is 10.9 Å². The molecule has 0 aliphatic rings. The Hall–Kier alpha value is -2.63. The van der Waals surface area contributed by atoms with Gasteiger partial charge in [0.1, 0.15) is 9.71 Å². The second kappa shape index (κ2) is 6.27. The third-order valence-corrected chi connectivity index (χ3v) is 5.92. The van der Waals surface area contributed by atoms with Gasteiger partial charge in [-0.3, -0.25) is 4.79 Å². The van der Waals surface area contributed by atoms with E-state index >= 15 is 0 Å². The predicted molar refractivity (Wildman–Crippen MR) is 110 cm³/mol. The van der Waals surface area contributed by atoms with Gasteiger partial charge in [0.15, 0.2) is 0 Å². The summed E-state index contributed by atoms with van der Waals surface area (Å²) in [5.74, 6) is -0.254. The Kier molecular flexibility index (Phi) is 4.05. The number of aryl methyl sites for hydroxylation is 1. The van der Waals surface area contributed by atoms with E-state index in [1.54, 1.807) is 12.1 Å². The molecule has 2 aromatic carbocycles. The van der Waals surface area contributed by atoms with Crippen LogP contribution in [0, 0.1) is 13.8 Å². The van der Waals surface area contributed by atoms with Crippen LogP contribution in [0.2, 0.25) is 5.02 Å². The van der Waals surface area contributed by atoms with E-state index in [1.165, 1.54) is 11.3 Å². The summed E-state index contributed by atoms with van der Waals surface area (Å²) in [5, 5.41) is 5.32. The van der Waals surface area contributed by atoms with E-state index in [9.17, 15) is 4.79 Å². The number of hydrogen-bond donors (Lipinski definition) is 2. The van der Waals surface area contributed by atoms with E-state index in [2.05, 4.69) is 10.3 Å². The van der Waals surface area contributed by atoms with E-state index in [0.717, 1.165) is 32.2 Å². The Balaban J connectivity index is 1.78. The number of benzene rings is 2. The lowest BCUT2D eigenvalue weighted by molar-refractivity contribution is 0.103. The minimum atomic E-state index is -0.254. The number of rotatable bonds is 2. The first-order valence-electron chi connectivity index (χ1n) is 8.10. The first-order valence-corrected chi connectivity index (χ1v) is 9.29. The molecule has 0 unspecified atom stereocenters. The Morgan fingerprint density at radius 3 is 2.81 bits per heavy atom. The molecule has 4 rings (SSSR count). The molecule has 0 aliphatic carbocycles. The van der Waals surface area contributed by atoms with Crippen molar-refractivity contribution in [3.05, 3.63) is 63.5 Å². The molecule has 4 nitrogen and oxygen atoms in total. The van der Waals surface area contributed by atoms with Crippen LogP contribution in [0.25, 0.3) is 21.1 Å². The molecule has 130 valence electrons. The molecule has 0 saturated carbocycles. The molecule has 0 radical (unpaired) electrons. The molecule has 2 aromatic heterocycles. The lowest BCUT2D eigenvalue weighted by Gasteiger charge is -2.08. The minimum Gasteiger partial charge on any atom is -0.397 e. The monoisotopic (exact) mass is 381 g/mol. The summed E-state index contributed by atoms with van der Waals surface area (Å²) < 4.78 is 0. The van der Waals surface area contributed by atoms with Crippen LogP contribution in [0.1, 0.15) is 20.8 Å². The zero-order valence-electron chi connectivity index (χ0n) is 14.3. The number of aromatic nitrogens is 1. The highest BCUT2D eigenvalue weighted by molar-refractivity contribution is 7.21. The number of anilines is 2. The zero-order valence-corrected chi connectivity index (χ0v) is 15.8. The Labute approximate surface area is 159 Å². The van der Waals surface area contributed by atoms with Gasteiger partial charge in [0.25, 0.3) is 5.91 Å². The fraction of sp³-hybridized carbons (Fsp3) is 0.100. The van der Waals surface area contributed by atoms with Crippen LogP contribution in [0.4, 0.5) is 11.4 Å². The second-order valence-electron chi connectivity index (χ2n) is 6.25. The Morgan fingerprint density at radius 2 is 2.00 bits per heavy atom. The Bertz CT molecular complexity index is 1180. The summed E-state index contributed by atoms with van der Waals surface area (Å²) in [7, 11) is 0. The van der Waals surface area contributed by atoms with Crippen LogP contribution in [-0.2, 0) is 0 Å². The van der Waals surface area contributed by atoms with Gasteiger partial charge in [-0.05, 0) is 49.2 Å². The highest BCUT2D eigenvalue weighted by atomic mass is 35.5. The van der Waals surface area contributed by atoms with Crippen LogP contribution < -0.4 is 11.1 Å². The number of fused-ring (bicyclic) bond motifs is 2. The summed E-state index contributed by atoms with van der Waals surface area (Å²) in [6.45, 7) is 3.89. The standard InChI is InChI=1S/C20H16ClN3OS/c1-10-6-7-12-9-13-17(22)18(26-20(13)24-16(12)8-10)19(25)23-15-5-3-4-14(21)11(15)2/h3-9H,22H2,1-2H3,(H,23,25). The molecule has 0 aliphatic heterocycles. The lowest BCUT2D eigenvalue weighted by Crippen LogP contribution is -2.12. The maximum absolute atomic E-state index is 12.8. The SMILES string of the molecule is Cc1ccc2cc3c(N)c(C(=O)Nc4cccc(Cl)c4C)sc3nc2c1. The first-order chi connectivity index (χ1) is 12.4. The van der Waals surface area contributed by atoms with Gasteiger partial charge < -0.3 is 11.1 Å². The molecule has 0 saturated heterocycles. The van der Waals surface area contributed by atoms with Gasteiger partial charge in [-0.2, -0.15) is 0 Å². The van der Waals surface area contributed by atoms with Gasteiger partial charge in [0.2, 0.25) is 0 Å². The summed E-state index contributed by atoms with van der Waals surface area (Å²) in [5.41, 5.74) is 10.3. The number of nitrogens with one attached hydrogen (secondary N) is 1. The van der Waals surface area contributed by atoms with E-state index in [0.29, 0.717) is 21.3 Å². The molecule has 0 fully saturated rings. The zero-order chi connectivity index (χ0) is 18.4. The summed E-state index contributed by atoms with van der Waals surface area (Å²) in [6, 6.07) is 13.5. The van der Waals surface area contributed by atoms with Gasteiger partial charge in [-0.25, -0.2) is 4.98 Å². The van der Waals surface area contributed by atoms with E-state index < -0.39 is 0 Å². The number of thiophene rings is 1. The molecule has 6 heteroatoms. The van der Waals surface area contributed by atoms with Gasteiger partial charge >= 0.3 is 0 Å². The smallest absolute Gasteiger partial charge is 0.267 e. The number of pyridine rings is 1. The molecule has 2 heterocycles. The van der Waals surface area contributed by atoms with E-state index in [-0.39, 0.29) is 5.91 Å². The summed E-state index contributed by atoms with van der Waals surface area (Å²) >= 11 is 7.43. The normalized spacial score (nSPS) is 11.2. The van der Waals surface area contributed by atoms with Gasteiger partial charge in [-0.1, -0.05) is 29.8 Å². The van der Waals surface area contributed by atoms with E-state index in [1.807, 2.05) is 44.2 Å². The van der Waals surface area contributed by atoms with Crippen LogP contribution >= 0.6 is 22.9 Å². The maximum atomic E-state index is 12.8. The molecular weight excluding hydrogens is 366 g/mol. The van der Waals surface area contributed by atoms with Crippen LogP contribution in [0.15, 0.2) is 42.5 Å². The number of amides is 1. The lowest BCUT2D eigenvalue weighted by atomic mass is 10.1. The molecule has 26 heavy (non-hydrogen) atoms. The Morgan fingerprint density at radius 1 is 1.19 bits per heavy atom. The van der Waals surface area contributed by atoms with Crippen molar-refractivity contribution in [2.45, 2.75) is 13.8 Å². The number of nitrogens with two attached hydrogens (primary N) is 1. The second-order valence-corrected chi connectivity index (χ2v) is 7.65. The molecule has 0 atom stereocenters. The highest BCUT2D eigenvalue weighted by Crippen LogP contribution is 2.35. The molecule has 4 aromatic rings. The van der Waals surface area contributed by atoms with Crippen molar-refractivity contribution in [2.24, 2.45) is 0 Å². The van der Waals surface area contributed by atoms with Crippen molar-refractivity contribution in [3.63, 3.8) is 0 Å². The van der Waals surface area contributed by atoms with E-state index in [4.69, 9.17) is 17.3 Å².